The molecule has 6 heteroatoms. The fourth-order valence-electron chi connectivity index (χ4n) is 2.86. The lowest BCUT2D eigenvalue weighted by atomic mass is 10.1. The van der Waals surface area contributed by atoms with E-state index in [-0.39, 0.29) is 0 Å². The van der Waals surface area contributed by atoms with Gasteiger partial charge in [-0.25, -0.2) is 0 Å². The highest BCUT2D eigenvalue weighted by Gasteiger charge is 2.13. The first-order valence-corrected chi connectivity index (χ1v) is 11.3. The number of ether oxygens (including phenoxy) is 2. The Labute approximate surface area is 201 Å². The number of hydrogen-bond acceptors (Lipinski definition) is 3. The van der Waals surface area contributed by atoms with Crippen LogP contribution in [0.5, 0.6) is 11.5 Å². The summed E-state index contributed by atoms with van der Waals surface area (Å²) in [6.45, 7) is 6.92. The zero-order valence-corrected chi connectivity index (χ0v) is 20.7. The van der Waals surface area contributed by atoms with E-state index in [0.29, 0.717) is 34.8 Å². The molecule has 0 spiro atoms. The molecular weight excluding hydrogens is 532 g/mol. The van der Waals surface area contributed by atoms with Crippen LogP contribution in [0.3, 0.4) is 0 Å². The molecule has 0 heterocycles. The van der Waals surface area contributed by atoms with Gasteiger partial charge in [-0.05, 0) is 90.4 Å². The summed E-state index contributed by atoms with van der Waals surface area (Å²) in [6.07, 6.45) is 1.85. The van der Waals surface area contributed by atoms with Crippen LogP contribution in [-0.4, -0.2) is 12.8 Å². The van der Waals surface area contributed by atoms with Gasteiger partial charge in [0.25, 0.3) is 0 Å². The summed E-state index contributed by atoms with van der Waals surface area (Å²) in [6, 6.07) is 15.6. The number of nitrogens with zero attached hydrogens (tertiary/aromatic N) is 1. The third kappa shape index (κ3) is 5.90. The van der Waals surface area contributed by atoms with E-state index in [1.165, 1.54) is 5.56 Å². The molecule has 0 aliphatic heterocycles. The minimum absolute atomic E-state index is 0.321. The molecule has 0 aliphatic rings. The molecule has 0 unspecified atom stereocenters. The van der Waals surface area contributed by atoms with Crippen molar-refractivity contribution in [1.29, 1.82) is 0 Å². The average Bonchev–Trinajstić information content (AvgIpc) is 2.69. The predicted molar refractivity (Wildman–Crippen MR) is 134 cm³/mol. The molecule has 30 heavy (non-hydrogen) atoms. The van der Waals surface area contributed by atoms with E-state index in [1.807, 2.05) is 31.3 Å². The number of rotatable bonds is 7. The van der Waals surface area contributed by atoms with E-state index in [9.17, 15) is 0 Å². The number of halogens is 3. The second-order valence-corrected chi connectivity index (χ2v) is 8.84. The van der Waals surface area contributed by atoms with Crippen molar-refractivity contribution in [2.45, 2.75) is 27.4 Å². The highest BCUT2D eigenvalue weighted by Crippen LogP contribution is 2.35. The molecule has 3 aromatic rings. The summed E-state index contributed by atoms with van der Waals surface area (Å²) in [5, 5.41) is 1.17. The lowest BCUT2D eigenvalue weighted by Gasteiger charge is -2.15. The average molecular weight is 554 g/mol. The van der Waals surface area contributed by atoms with Crippen molar-refractivity contribution in [3.8, 4) is 11.5 Å². The summed E-state index contributed by atoms with van der Waals surface area (Å²) in [7, 11) is 0. The Kier molecular flexibility index (Phi) is 8.03. The smallest absolute Gasteiger partial charge is 0.175 e. The summed E-state index contributed by atoms with van der Waals surface area (Å²) < 4.78 is 12.9. The van der Waals surface area contributed by atoms with Gasteiger partial charge in [0.05, 0.1) is 15.9 Å². The van der Waals surface area contributed by atoms with Gasteiger partial charge in [0.2, 0.25) is 0 Å². The van der Waals surface area contributed by atoms with E-state index >= 15 is 0 Å². The number of aryl methyl sites for hydroxylation is 2. The molecule has 3 aromatic carbocycles. The largest absolute Gasteiger partial charge is 0.490 e. The monoisotopic (exact) mass is 553 g/mol. The number of benzene rings is 3. The summed E-state index contributed by atoms with van der Waals surface area (Å²) >= 11 is 14.5. The first-order valence-electron chi connectivity index (χ1n) is 9.51. The van der Waals surface area contributed by atoms with E-state index in [0.717, 1.165) is 25.9 Å². The predicted octanol–water partition coefficient (Wildman–Crippen LogP) is 7.94. The van der Waals surface area contributed by atoms with Crippen molar-refractivity contribution in [3.63, 3.8) is 0 Å². The third-order valence-corrected chi connectivity index (χ3v) is 5.82. The van der Waals surface area contributed by atoms with Crippen LogP contribution in [-0.2, 0) is 6.61 Å². The molecule has 0 amide bonds. The van der Waals surface area contributed by atoms with Crippen molar-refractivity contribution >= 4 is 57.7 Å². The second-order valence-electron chi connectivity index (χ2n) is 6.84. The van der Waals surface area contributed by atoms with E-state index in [1.54, 1.807) is 12.1 Å². The minimum atomic E-state index is 0.321. The van der Waals surface area contributed by atoms with Gasteiger partial charge in [0.15, 0.2) is 11.5 Å². The molecule has 0 bridgehead atoms. The topological polar surface area (TPSA) is 30.8 Å². The molecule has 0 radical (unpaired) electrons. The molecule has 0 saturated carbocycles. The molecule has 0 aliphatic carbocycles. The van der Waals surface area contributed by atoms with Crippen molar-refractivity contribution in [1.82, 2.24) is 0 Å². The Morgan fingerprint density at radius 1 is 1.00 bits per heavy atom. The van der Waals surface area contributed by atoms with Crippen molar-refractivity contribution in [3.05, 3.63) is 84.4 Å². The lowest BCUT2D eigenvalue weighted by molar-refractivity contribution is 0.267. The van der Waals surface area contributed by atoms with Crippen LogP contribution in [0.4, 0.5) is 5.69 Å². The Bertz CT molecular complexity index is 1080. The van der Waals surface area contributed by atoms with Crippen molar-refractivity contribution in [2.24, 2.45) is 4.99 Å². The fourth-order valence-corrected chi connectivity index (χ4v) is 4.10. The van der Waals surface area contributed by atoms with E-state index < -0.39 is 0 Å². The minimum Gasteiger partial charge on any atom is -0.490 e. The molecule has 156 valence electrons. The SMILES string of the molecule is CCOc1cc(C=Nc2cc(C)ccc2C)cc(I)c1OCc1ccc(Cl)cc1Cl. The lowest BCUT2D eigenvalue weighted by Crippen LogP contribution is -2.03. The molecule has 0 fully saturated rings. The molecule has 0 saturated heterocycles. The van der Waals surface area contributed by atoms with Gasteiger partial charge in [-0.2, -0.15) is 0 Å². The summed E-state index contributed by atoms with van der Waals surface area (Å²) in [5.41, 5.74) is 5.08. The van der Waals surface area contributed by atoms with Crippen molar-refractivity contribution in [2.75, 3.05) is 6.61 Å². The van der Waals surface area contributed by atoms with Crippen LogP contribution in [0, 0.1) is 17.4 Å². The normalized spacial score (nSPS) is 11.1. The Morgan fingerprint density at radius 3 is 2.53 bits per heavy atom. The van der Waals surface area contributed by atoms with Crippen LogP contribution < -0.4 is 9.47 Å². The number of hydrogen-bond donors (Lipinski definition) is 0. The first-order chi connectivity index (χ1) is 14.4. The van der Waals surface area contributed by atoms with Gasteiger partial charge in [0, 0.05) is 21.8 Å². The summed E-state index contributed by atoms with van der Waals surface area (Å²) in [5.74, 6) is 1.37. The van der Waals surface area contributed by atoms with Crippen LogP contribution in [0.1, 0.15) is 29.2 Å². The van der Waals surface area contributed by atoms with E-state index in [4.69, 9.17) is 32.7 Å². The highest BCUT2D eigenvalue weighted by molar-refractivity contribution is 14.1. The molecular formula is C24H22Cl2INO2. The standard InChI is InChI=1S/C24H22Cl2INO2/c1-4-29-23-11-17(13-28-22-9-15(2)5-6-16(22)3)10-21(27)24(23)30-14-18-7-8-19(25)12-20(18)26/h5-13H,4,14H2,1-3H3. The van der Waals surface area contributed by atoms with Gasteiger partial charge in [-0.15, -0.1) is 0 Å². The van der Waals surface area contributed by atoms with Crippen molar-refractivity contribution < 1.29 is 9.47 Å². The zero-order chi connectivity index (χ0) is 21.7. The van der Waals surface area contributed by atoms with Crippen LogP contribution in [0.2, 0.25) is 10.0 Å². The van der Waals surface area contributed by atoms with Crippen LogP contribution >= 0.6 is 45.8 Å². The quantitative estimate of drug-likeness (QED) is 0.219. The Balaban J connectivity index is 1.86. The molecule has 0 atom stereocenters. The molecule has 0 N–H and O–H groups in total. The van der Waals surface area contributed by atoms with Gasteiger partial charge in [-0.1, -0.05) is 41.4 Å². The third-order valence-electron chi connectivity index (χ3n) is 4.44. The van der Waals surface area contributed by atoms with Gasteiger partial charge >= 0.3 is 0 Å². The molecule has 0 aromatic heterocycles. The van der Waals surface area contributed by atoms with Gasteiger partial charge in [0.1, 0.15) is 6.61 Å². The van der Waals surface area contributed by atoms with Gasteiger partial charge in [-0.3, -0.25) is 4.99 Å². The number of aliphatic imine (C=N–C) groups is 1. The maximum atomic E-state index is 6.27. The van der Waals surface area contributed by atoms with Crippen LogP contribution in [0.25, 0.3) is 0 Å². The summed E-state index contributed by atoms with van der Waals surface area (Å²) in [4.78, 5) is 4.67. The second kappa shape index (κ2) is 10.5. The van der Waals surface area contributed by atoms with E-state index in [2.05, 4.69) is 59.6 Å². The molecule has 3 rings (SSSR count). The zero-order valence-electron chi connectivity index (χ0n) is 17.0. The maximum absolute atomic E-state index is 6.27. The molecule has 3 nitrogen and oxygen atoms in total. The Hall–Kier alpha value is -1.76. The van der Waals surface area contributed by atoms with Crippen LogP contribution in [0.15, 0.2) is 53.5 Å². The first kappa shape index (κ1) is 22.9. The maximum Gasteiger partial charge on any atom is 0.175 e. The highest BCUT2D eigenvalue weighted by atomic mass is 127. The van der Waals surface area contributed by atoms with Gasteiger partial charge < -0.3 is 9.47 Å². The Morgan fingerprint density at radius 2 is 1.80 bits per heavy atom. The fraction of sp³-hybridized carbons (Fsp3) is 0.208.